The van der Waals surface area contributed by atoms with E-state index in [1.54, 1.807) is 14.2 Å². The fourth-order valence-electron chi connectivity index (χ4n) is 2.29. The predicted molar refractivity (Wildman–Crippen MR) is 94.5 cm³/mol. The van der Waals surface area contributed by atoms with E-state index in [4.69, 9.17) is 15.2 Å². The Labute approximate surface area is 137 Å². The van der Waals surface area contributed by atoms with Crippen molar-refractivity contribution in [2.45, 2.75) is 13.3 Å². The lowest BCUT2D eigenvalue weighted by Gasteiger charge is -2.11. The molecule has 0 aliphatic rings. The Kier molecular flexibility index (Phi) is 5.86. The lowest BCUT2D eigenvalue weighted by atomic mass is 10.1. The maximum atomic E-state index is 5.94. The zero-order valence-electron chi connectivity index (χ0n) is 13.8. The van der Waals surface area contributed by atoms with Gasteiger partial charge in [-0.1, -0.05) is 24.3 Å². The van der Waals surface area contributed by atoms with E-state index in [1.165, 1.54) is 11.1 Å². The van der Waals surface area contributed by atoms with Crippen molar-refractivity contribution >= 4 is 11.6 Å². The summed E-state index contributed by atoms with van der Waals surface area (Å²) in [4.78, 5) is 4.37. The third-order valence-electron chi connectivity index (χ3n) is 3.58. The molecule has 0 aromatic heterocycles. The fourth-order valence-corrected chi connectivity index (χ4v) is 2.29. The Morgan fingerprint density at radius 2 is 1.83 bits per heavy atom. The van der Waals surface area contributed by atoms with Gasteiger partial charge in [0.15, 0.2) is 17.5 Å². The van der Waals surface area contributed by atoms with E-state index in [2.05, 4.69) is 29.4 Å². The summed E-state index contributed by atoms with van der Waals surface area (Å²) in [6.07, 6.45) is 0.862. The standard InChI is InChI=1S/C18H23N3O2/c1-13-6-4-5-7-14(13)10-11-20-18(19)21-15-8-9-16(22-2)17(12-15)23-3/h4-9,12H,10-11H2,1-3H3,(H3,19,20,21). The van der Waals surface area contributed by atoms with Crippen LogP contribution >= 0.6 is 0 Å². The highest BCUT2D eigenvalue weighted by molar-refractivity contribution is 5.92. The Bertz CT molecular complexity index is 684. The number of hydrogen-bond donors (Lipinski definition) is 2. The number of nitrogens with zero attached hydrogens (tertiary/aromatic N) is 1. The van der Waals surface area contributed by atoms with Crippen LogP contribution in [-0.4, -0.2) is 26.7 Å². The minimum atomic E-state index is 0.380. The Hall–Kier alpha value is -2.69. The van der Waals surface area contributed by atoms with Crippen LogP contribution in [0.1, 0.15) is 11.1 Å². The number of nitrogens with two attached hydrogens (primary N) is 1. The van der Waals surface area contributed by atoms with Gasteiger partial charge in [-0.2, -0.15) is 0 Å². The largest absolute Gasteiger partial charge is 0.493 e. The molecule has 0 fully saturated rings. The van der Waals surface area contributed by atoms with E-state index in [9.17, 15) is 0 Å². The molecule has 0 saturated carbocycles. The van der Waals surface area contributed by atoms with Crippen molar-refractivity contribution in [3.8, 4) is 11.5 Å². The first-order chi connectivity index (χ1) is 11.1. The molecule has 0 bridgehead atoms. The molecule has 0 spiro atoms. The first kappa shape index (κ1) is 16.7. The number of hydrogen-bond acceptors (Lipinski definition) is 3. The number of methoxy groups -OCH3 is 2. The van der Waals surface area contributed by atoms with Gasteiger partial charge in [0.25, 0.3) is 0 Å². The number of ether oxygens (including phenoxy) is 2. The van der Waals surface area contributed by atoms with Crippen molar-refractivity contribution in [1.82, 2.24) is 0 Å². The summed E-state index contributed by atoms with van der Waals surface area (Å²) in [5.41, 5.74) is 9.30. The van der Waals surface area contributed by atoms with Gasteiger partial charge in [0.1, 0.15) is 0 Å². The second-order valence-corrected chi connectivity index (χ2v) is 5.14. The Morgan fingerprint density at radius 3 is 2.52 bits per heavy atom. The smallest absolute Gasteiger partial charge is 0.193 e. The monoisotopic (exact) mass is 313 g/mol. The number of aryl methyl sites for hydroxylation is 1. The molecular weight excluding hydrogens is 290 g/mol. The van der Waals surface area contributed by atoms with Crippen molar-refractivity contribution < 1.29 is 9.47 Å². The van der Waals surface area contributed by atoms with Gasteiger partial charge in [-0.15, -0.1) is 0 Å². The molecule has 122 valence electrons. The van der Waals surface area contributed by atoms with Crippen LogP contribution < -0.4 is 20.5 Å². The van der Waals surface area contributed by atoms with Crippen LogP contribution in [0.5, 0.6) is 11.5 Å². The molecule has 0 radical (unpaired) electrons. The highest BCUT2D eigenvalue weighted by atomic mass is 16.5. The van der Waals surface area contributed by atoms with Crippen molar-refractivity contribution in [1.29, 1.82) is 0 Å². The molecule has 0 unspecified atom stereocenters. The third-order valence-corrected chi connectivity index (χ3v) is 3.58. The quantitative estimate of drug-likeness (QED) is 0.635. The van der Waals surface area contributed by atoms with Crippen molar-refractivity contribution in [3.05, 3.63) is 53.6 Å². The molecule has 5 heteroatoms. The highest BCUT2D eigenvalue weighted by Crippen LogP contribution is 2.29. The molecule has 2 aromatic rings. The van der Waals surface area contributed by atoms with Crippen LogP contribution in [0.3, 0.4) is 0 Å². The van der Waals surface area contributed by atoms with Crippen LogP contribution in [0.2, 0.25) is 0 Å². The van der Waals surface area contributed by atoms with Crippen molar-refractivity contribution in [3.63, 3.8) is 0 Å². The molecule has 3 N–H and O–H groups in total. The van der Waals surface area contributed by atoms with Crippen LogP contribution in [0.4, 0.5) is 5.69 Å². The van der Waals surface area contributed by atoms with Crippen LogP contribution in [0.15, 0.2) is 47.5 Å². The molecule has 0 heterocycles. The molecule has 23 heavy (non-hydrogen) atoms. The molecule has 0 atom stereocenters. The summed E-state index contributed by atoms with van der Waals surface area (Å²) < 4.78 is 10.5. The average molecular weight is 313 g/mol. The van der Waals surface area contributed by atoms with Gasteiger partial charge in [0.2, 0.25) is 0 Å². The molecule has 0 amide bonds. The van der Waals surface area contributed by atoms with E-state index in [0.29, 0.717) is 24.0 Å². The summed E-state index contributed by atoms with van der Waals surface area (Å²) in [6.45, 7) is 2.74. The van der Waals surface area contributed by atoms with E-state index in [0.717, 1.165) is 12.1 Å². The summed E-state index contributed by atoms with van der Waals surface area (Å²) in [6, 6.07) is 13.8. The topological polar surface area (TPSA) is 68.9 Å². The zero-order chi connectivity index (χ0) is 16.7. The van der Waals surface area contributed by atoms with Gasteiger partial charge in [-0.25, -0.2) is 0 Å². The predicted octanol–water partition coefficient (Wildman–Crippen LogP) is 2.98. The lowest BCUT2D eigenvalue weighted by Crippen LogP contribution is -2.23. The number of benzene rings is 2. The van der Waals surface area contributed by atoms with Gasteiger partial charge in [-0.05, 0) is 36.6 Å². The molecule has 2 aromatic carbocycles. The van der Waals surface area contributed by atoms with Crippen LogP contribution in [0, 0.1) is 6.92 Å². The van der Waals surface area contributed by atoms with E-state index >= 15 is 0 Å². The summed E-state index contributed by atoms with van der Waals surface area (Å²) in [5.74, 6) is 1.70. The van der Waals surface area contributed by atoms with E-state index in [1.807, 2.05) is 30.3 Å². The van der Waals surface area contributed by atoms with Crippen molar-refractivity contribution in [2.24, 2.45) is 10.7 Å². The normalized spacial score (nSPS) is 11.2. The first-order valence-corrected chi connectivity index (χ1v) is 7.47. The number of rotatable bonds is 6. The Balaban J connectivity index is 1.96. The minimum absolute atomic E-state index is 0.380. The van der Waals surface area contributed by atoms with Gasteiger partial charge >= 0.3 is 0 Å². The Morgan fingerprint density at radius 1 is 1.09 bits per heavy atom. The summed E-state index contributed by atoms with van der Waals surface area (Å²) in [5, 5.41) is 3.06. The highest BCUT2D eigenvalue weighted by Gasteiger charge is 2.05. The second-order valence-electron chi connectivity index (χ2n) is 5.14. The number of nitrogens with one attached hydrogen (secondary N) is 1. The van der Waals surface area contributed by atoms with E-state index < -0.39 is 0 Å². The zero-order valence-corrected chi connectivity index (χ0v) is 13.8. The van der Waals surface area contributed by atoms with Crippen molar-refractivity contribution in [2.75, 3.05) is 26.1 Å². The molecule has 2 rings (SSSR count). The second kappa shape index (κ2) is 8.08. The maximum absolute atomic E-state index is 5.94. The molecule has 0 aliphatic carbocycles. The van der Waals surface area contributed by atoms with Crippen LogP contribution in [0.25, 0.3) is 0 Å². The average Bonchev–Trinajstić information content (AvgIpc) is 2.56. The summed E-state index contributed by atoms with van der Waals surface area (Å²) >= 11 is 0. The third kappa shape index (κ3) is 4.64. The van der Waals surface area contributed by atoms with Gasteiger partial charge in [0, 0.05) is 18.3 Å². The lowest BCUT2D eigenvalue weighted by molar-refractivity contribution is 0.355. The van der Waals surface area contributed by atoms with Gasteiger partial charge < -0.3 is 20.5 Å². The molecule has 5 nitrogen and oxygen atoms in total. The number of aliphatic imine (C=N–C) groups is 1. The number of guanidine groups is 1. The minimum Gasteiger partial charge on any atom is -0.493 e. The molecule has 0 aliphatic heterocycles. The summed E-state index contributed by atoms with van der Waals surface area (Å²) in [7, 11) is 3.20. The molecular formula is C18H23N3O2. The first-order valence-electron chi connectivity index (χ1n) is 7.47. The molecule has 0 saturated heterocycles. The number of anilines is 1. The SMILES string of the molecule is COc1ccc(NC(N)=NCCc2ccccc2C)cc1OC. The maximum Gasteiger partial charge on any atom is 0.193 e. The van der Waals surface area contributed by atoms with Gasteiger partial charge in [0.05, 0.1) is 14.2 Å². The van der Waals surface area contributed by atoms with E-state index in [-0.39, 0.29) is 0 Å². The van der Waals surface area contributed by atoms with Gasteiger partial charge in [-0.3, -0.25) is 4.99 Å². The fraction of sp³-hybridized carbons (Fsp3) is 0.278. The van der Waals surface area contributed by atoms with Crippen LogP contribution in [-0.2, 0) is 6.42 Å².